The highest BCUT2D eigenvalue weighted by molar-refractivity contribution is 6.17. The lowest BCUT2D eigenvalue weighted by Gasteiger charge is -2.22. The molecule has 0 aliphatic carbocycles. The highest BCUT2D eigenvalue weighted by atomic mass is 16.3. The van der Waals surface area contributed by atoms with Crippen LogP contribution in [0.5, 0.6) is 0 Å². The molecule has 0 saturated carbocycles. The van der Waals surface area contributed by atoms with Crippen LogP contribution < -0.4 is 5.32 Å². The van der Waals surface area contributed by atoms with Crippen LogP contribution in [0, 0.1) is 0 Å². The maximum atomic E-state index is 6.63. The number of fused-ring (bicyclic) bond motifs is 9. The molecule has 0 spiro atoms. The summed E-state index contributed by atoms with van der Waals surface area (Å²) < 4.78 is 19.0. The summed E-state index contributed by atoms with van der Waals surface area (Å²) in [5.74, 6) is 1.46. The van der Waals surface area contributed by atoms with Gasteiger partial charge >= 0.3 is 0 Å². The van der Waals surface area contributed by atoms with Crippen LogP contribution in [0.1, 0.15) is 22.9 Å². The third-order valence-electron chi connectivity index (χ3n) is 9.95. The lowest BCUT2D eigenvalue weighted by atomic mass is 10.00. The van der Waals surface area contributed by atoms with E-state index in [1.807, 2.05) is 54.6 Å². The minimum absolute atomic E-state index is 0.539. The van der Waals surface area contributed by atoms with E-state index < -0.39 is 6.17 Å². The van der Waals surface area contributed by atoms with Crippen LogP contribution in [-0.2, 0) is 0 Å². The van der Waals surface area contributed by atoms with Gasteiger partial charge in [-0.15, -0.1) is 0 Å². The number of nitrogens with one attached hydrogen (secondary N) is 1. The number of hydrogen-bond acceptors (Lipinski definition) is 6. The van der Waals surface area contributed by atoms with Crippen molar-refractivity contribution in [3.8, 4) is 11.1 Å². The van der Waals surface area contributed by atoms with E-state index in [-0.39, 0.29) is 0 Å². The van der Waals surface area contributed by atoms with E-state index in [0.717, 1.165) is 99.5 Å². The Kier molecular flexibility index (Phi) is 5.92. The van der Waals surface area contributed by atoms with Crippen molar-refractivity contribution in [1.29, 1.82) is 0 Å². The molecule has 6 heteroatoms. The largest absolute Gasteiger partial charge is 0.456 e. The fraction of sp³-hybridized carbons (Fsp3) is 0.0222. The van der Waals surface area contributed by atoms with E-state index in [1.165, 1.54) is 0 Å². The smallest absolute Gasteiger partial charge is 0.173 e. The third kappa shape index (κ3) is 4.43. The molecule has 0 fully saturated rings. The molecule has 1 aliphatic heterocycles. The quantitative estimate of drug-likeness (QED) is 0.204. The van der Waals surface area contributed by atoms with Crippen molar-refractivity contribution in [3.63, 3.8) is 0 Å². The first-order valence-electron chi connectivity index (χ1n) is 17.0. The van der Waals surface area contributed by atoms with E-state index in [9.17, 15) is 0 Å². The van der Waals surface area contributed by atoms with Crippen LogP contribution in [0.2, 0.25) is 0 Å². The highest BCUT2D eigenvalue weighted by Gasteiger charge is 2.25. The van der Waals surface area contributed by atoms with Crippen LogP contribution in [0.4, 0.5) is 0 Å². The number of amidine groups is 2. The summed E-state index contributed by atoms with van der Waals surface area (Å²) in [4.78, 5) is 10.4. The Labute approximate surface area is 291 Å². The van der Waals surface area contributed by atoms with Crippen LogP contribution in [0.15, 0.2) is 175 Å². The molecule has 1 atom stereocenters. The van der Waals surface area contributed by atoms with Gasteiger partial charge in [-0.1, -0.05) is 103 Å². The Morgan fingerprint density at radius 3 is 1.69 bits per heavy atom. The van der Waals surface area contributed by atoms with E-state index in [1.54, 1.807) is 0 Å². The highest BCUT2D eigenvalue weighted by Crippen LogP contribution is 2.39. The van der Waals surface area contributed by atoms with Gasteiger partial charge in [-0.3, -0.25) is 0 Å². The number of para-hydroxylation sites is 3. The molecule has 4 heterocycles. The zero-order valence-electron chi connectivity index (χ0n) is 27.1. The maximum Gasteiger partial charge on any atom is 0.173 e. The Morgan fingerprint density at radius 1 is 0.373 bits per heavy atom. The Bertz CT molecular complexity index is 3070. The first-order chi connectivity index (χ1) is 25.2. The van der Waals surface area contributed by atoms with Crippen molar-refractivity contribution in [1.82, 2.24) is 5.32 Å². The van der Waals surface area contributed by atoms with Crippen molar-refractivity contribution in [2.24, 2.45) is 9.98 Å². The zero-order chi connectivity index (χ0) is 33.5. The molecule has 1 N–H and O–H groups in total. The van der Waals surface area contributed by atoms with Crippen LogP contribution in [-0.4, -0.2) is 11.7 Å². The number of rotatable bonds is 4. The monoisotopic (exact) mass is 657 g/mol. The average molecular weight is 658 g/mol. The van der Waals surface area contributed by atoms with E-state index in [2.05, 4.69) is 102 Å². The molecule has 6 nitrogen and oxygen atoms in total. The topological polar surface area (TPSA) is 76.2 Å². The molecule has 10 aromatic rings. The summed E-state index contributed by atoms with van der Waals surface area (Å²) in [7, 11) is 0. The Balaban J connectivity index is 1.04. The number of furan rings is 3. The molecule has 11 rings (SSSR count). The standard InChI is InChI=1S/C45H27N3O3/c1-2-9-26(10-3-1)43-46-44(29-17-20-32-30-11-4-6-15-37(30)50-41(32)25-29)48-45(47-43)34-14-8-13-33-36-24-28(19-22-40(36)51-42(33)34)27-18-21-39-35(23-27)31-12-5-7-16-38(31)49-39/h1-25,45H,(H,46,47,48). The number of benzene rings is 7. The molecule has 3 aromatic heterocycles. The number of nitrogens with zero attached hydrogens (tertiary/aromatic N) is 2. The number of hydrogen-bond donors (Lipinski definition) is 1. The molecule has 0 saturated heterocycles. The second-order valence-corrected chi connectivity index (χ2v) is 13.0. The third-order valence-corrected chi connectivity index (χ3v) is 9.95. The fourth-order valence-corrected chi connectivity index (χ4v) is 7.46. The Morgan fingerprint density at radius 2 is 0.922 bits per heavy atom. The predicted octanol–water partition coefficient (Wildman–Crippen LogP) is 11.5. The SMILES string of the molecule is c1ccc(C2=NC(c3cccc4c3oc3ccc(-c5ccc6oc7ccccc7c6c5)cc34)N=C(c3ccc4c(c3)oc3ccccc34)N2)cc1. The first-order valence-corrected chi connectivity index (χ1v) is 17.0. The van der Waals surface area contributed by atoms with Gasteiger partial charge in [-0.2, -0.15) is 0 Å². The summed E-state index contributed by atoms with van der Waals surface area (Å²) in [5, 5.41) is 9.98. The fourth-order valence-electron chi connectivity index (χ4n) is 7.46. The summed E-state index contributed by atoms with van der Waals surface area (Å²) in [6.07, 6.45) is -0.539. The molecule has 240 valence electrons. The minimum atomic E-state index is -0.539. The minimum Gasteiger partial charge on any atom is -0.456 e. The van der Waals surface area contributed by atoms with Crippen LogP contribution in [0.25, 0.3) is 76.9 Å². The molecule has 0 bridgehead atoms. The molecular weight excluding hydrogens is 631 g/mol. The normalized spacial score (nSPS) is 14.9. The van der Waals surface area contributed by atoms with Crippen molar-refractivity contribution in [3.05, 3.63) is 168 Å². The lowest BCUT2D eigenvalue weighted by molar-refractivity contribution is 0.649. The summed E-state index contributed by atoms with van der Waals surface area (Å²) in [6.45, 7) is 0. The number of aliphatic imine (C=N–C) groups is 2. The van der Waals surface area contributed by atoms with Gasteiger partial charge < -0.3 is 18.6 Å². The van der Waals surface area contributed by atoms with Gasteiger partial charge in [0, 0.05) is 49.0 Å². The van der Waals surface area contributed by atoms with Crippen molar-refractivity contribution >= 4 is 77.5 Å². The molecule has 7 aromatic carbocycles. The second kappa shape index (κ2) is 10.8. The molecular formula is C45H27N3O3. The summed E-state index contributed by atoms with van der Waals surface area (Å²) >= 11 is 0. The van der Waals surface area contributed by atoms with Crippen LogP contribution in [0.3, 0.4) is 0 Å². The van der Waals surface area contributed by atoms with Gasteiger partial charge in [-0.25, -0.2) is 9.98 Å². The summed E-state index contributed by atoms with van der Waals surface area (Å²) in [6, 6.07) is 51.7. The maximum absolute atomic E-state index is 6.63. The second-order valence-electron chi connectivity index (χ2n) is 13.0. The molecule has 0 amide bonds. The molecule has 1 aliphatic rings. The van der Waals surface area contributed by atoms with Gasteiger partial charge in [0.1, 0.15) is 45.2 Å². The van der Waals surface area contributed by atoms with Gasteiger partial charge in [0.15, 0.2) is 6.17 Å². The predicted molar refractivity (Wildman–Crippen MR) is 206 cm³/mol. The van der Waals surface area contributed by atoms with Crippen LogP contribution >= 0.6 is 0 Å². The van der Waals surface area contributed by atoms with Gasteiger partial charge in [0.2, 0.25) is 0 Å². The Hall–Kier alpha value is -6.92. The van der Waals surface area contributed by atoms with E-state index in [0.29, 0.717) is 5.84 Å². The van der Waals surface area contributed by atoms with Gasteiger partial charge in [-0.05, 0) is 59.7 Å². The summed E-state index contributed by atoms with van der Waals surface area (Å²) in [5.41, 5.74) is 10.1. The van der Waals surface area contributed by atoms with E-state index >= 15 is 0 Å². The van der Waals surface area contributed by atoms with Gasteiger partial charge in [0.25, 0.3) is 0 Å². The molecule has 51 heavy (non-hydrogen) atoms. The molecule has 1 unspecified atom stereocenters. The first kappa shape index (κ1) is 28.0. The zero-order valence-corrected chi connectivity index (χ0v) is 27.1. The van der Waals surface area contributed by atoms with Gasteiger partial charge in [0.05, 0.1) is 0 Å². The van der Waals surface area contributed by atoms with Crippen molar-refractivity contribution in [2.45, 2.75) is 6.17 Å². The average Bonchev–Trinajstić information content (AvgIpc) is 3.88. The van der Waals surface area contributed by atoms with Crippen molar-refractivity contribution in [2.75, 3.05) is 0 Å². The van der Waals surface area contributed by atoms with Crippen molar-refractivity contribution < 1.29 is 13.3 Å². The molecule has 0 radical (unpaired) electrons. The lowest BCUT2D eigenvalue weighted by Crippen LogP contribution is -2.36. The van der Waals surface area contributed by atoms with E-state index in [4.69, 9.17) is 23.2 Å².